The van der Waals surface area contributed by atoms with Crippen LogP contribution in [-0.2, 0) is 0 Å². The monoisotopic (exact) mass is 211 g/mol. The van der Waals surface area contributed by atoms with Gasteiger partial charge in [-0.15, -0.1) is 0 Å². The Balaban J connectivity index is 2.12. The van der Waals surface area contributed by atoms with Crippen LogP contribution >= 0.6 is 0 Å². The van der Waals surface area contributed by atoms with E-state index in [2.05, 4.69) is 54.8 Å². The van der Waals surface area contributed by atoms with Crippen LogP contribution in [0.3, 0.4) is 0 Å². The number of rotatable bonds is 3. The molecule has 1 unspecified atom stereocenters. The van der Waals surface area contributed by atoms with Crippen molar-refractivity contribution in [3.63, 3.8) is 0 Å². The third-order valence-electron chi connectivity index (χ3n) is 2.60. The van der Waals surface area contributed by atoms with E-state index in [1.165, 1.54) is 5.57 Å². The summed E-state index contributed by atoms with van der Waals surface area (Å²) in [7, 11) is 0. The zero-order chi connectivity index (χ0) is 11.2. The van der Waals surface area contributed by atoms with Crippen molar-refractivity contribution in [1.82, 2.24) is 0 Å². The number of para-hydroxylation sites is 1. The molecule has 1 aliphatic carbocycles. The second kappa shape index (κ2) is 5.36. The van der Waals surface area contributed by atoms with Crippen molar-refractivity contribution in [1.29, 1.82) is 0 Å². The molecule has 1 nitrogen and oxygen atoms in total. The van der Waals surface area contributed by atoms with Gasteiger partial charge in [0, 0.05) is 5.69 Å². The Hall–Kier alpha value is -1.76. The van der Waals surface area contributed by atoms with Crippen LogP contribution in [0, 0.1) is 0 Å². The average Bonchev–Trinajstić information content (AvgIpc) is 2.33. The topological polar surface area (TPSA) is 12.0 Å². The summed E-state index contributed by atoms with van der Waals surface area (Å²) < 4.78 is 0. The Kier molecular flexibility index (Phi) is 3.60. The predicted octanol–water partition coefficient (Wildman–Crippen LogP) is 3.93. The summed E-state index contributed by atoms with van der Waals surface area (Å²) in [4.78, 5) is 0. The molecule has 0 heterocycles. The molecule has 1 aliphatic rings. The number of benzene rings is 1. The molecular weight excluding hydrogens is 194 g/mol. The van der Waals surface area contributed by atoms with E-state index in [1.807, 2.05) is 18.2 Å². The summed E-state index contributed by atoms with van der Waals surface area (Å²) in [5, 5.41) is 3.51. The summed E-state index contributed by atoms with van der Waals surface area (Å²) >= 11 is 0. The highest BCUT2D eigenvalue weighted by Crippen LogP contribution is 2.17. The van der Waals surface area contributed by atoms with Crippen molar-refractivity contribution in [2.75, 3.05) is 5.32 Å². The molecule has 0 amide bonds. The van der Waals surface area contributed by atoms with Crippen LogP contribution < -0.4 is 5.32 Å². The second-order valence-electron chi connectivity index (χ2n) is 3.84. The molecule has 0 fully saturated rings. The average molecular weight is 211 g/mol. The summed E-state index contributed by atoms with van der Waals surface area (Å²) in [6, 6.07) is 10.6. The first-order valence-electron chi connectivity index (χ1n) is 5.76. The summed E-state index contributed by atoms with van der Waals surface area (Å²) in [5.41, 5.74) is 2.50. The lowest BCUT2D eigenvalue weighted by Gasteiger charge is -2.20. The van der Waals surface area contributed by atoms with Gasteiger partial charge in [-0.05, 0) is 24.1 Å². The molecule has 1 aromatic carbocycles. The number of hydrogen-bond donors (Lipinski definition) is 1. The van der Waals surface area contributed by atoms with Crippen molar-refractivity contribution < 1.29 is 0 Å². The Labute approximate surface area is 97.2 Å². The Morgan fingerprint density at radius 1 is 1.19 bits per heavy atom. The number of hydrogen-bond acceptors (Lipinski definition) is 1. The van der Waals surface area contributed by atoms with E-state index < -0.39 is 0 Å². The van der Waals surface area contributed by atoms with Gasteiger partial charge in [-0.3, -0.25) is 0 Å². The van der Waals surface area contributed by atoms with Crippen LogP contribution in [0.2, 0.25) is 0 Å². The van der Waals surface area contributed by atoms with E-state index >= 15 is 0 Å². The molecule has 0 saturated heterocycles. The first-order chi connectivity index (χ1) is 7.90. The highest BCUT2D eigenvalue weighted by Gasteiger charge is 2.09. The van der Waals surface area contributed by atoms with Crippen molar-refractivity contribution in [2.24, 2.45) is 0 Å². The first-order valence-corrected chi connectivity index (χ1v) is 5.76. The number of anilines is 1. The van der Waals surface area contributed by atoms with E-state index in [9.17, 15) is 0 Å². The van der Waals surface area contributed by atoms with Crippen molar-refractivity contribution in [3.8, 4) is 0 Å². The van der Waals surface area contributed by atoms with Gasteiger partial charge in [-0.1, -0.05) is 55.5 Å². The number of allylic oxidation sites excluding steroid dienone is 3. The van der Waals surface area contributed by atoms with Gasteiger partial charge in [0.2, 0.25) is 0 Å². The van der Waals surface area contributed by atoms with Crippen LogP contribution in [-0.4, -0.2) is 6.04 Å². The molecule has 0 spiro atoms. The maximum atomic E-state index is 3.51. The van der Waals surface area contributed by atoms with Crippen molar-refractivity contribution in [2.45, 2.75) is 19.4 Å². The minimum atomic E-state index is 0.298. The first kappa shape index (κ1) is 10.7. The standard InChI is InChI=1S/C15H17N/c1-2-8-13-9-6-7-12-15(13)16-14-10-4-3-5-11-14/h3-12,15-16H,2H2,1H3. The molecule has 0 saturated carbocycles. The van der Waals surface area contributed by atoms with Gasteiger partial charge in [-0.25, -0.2) is 0 Å². The zero-order valence-electron chi connectivity index (χ0n) is 9.56. The fourth-order valence-electron chi connectivity index (χ4n) is 1.83. The third-order valence-corrected chi connectivity index (χ3v) is 2.60. The number of nitrogens with one attached hydrogen (secondary N) is 1. The molecule has 1 aromatic rings. The van der Waals surface area contributed by atoms with Crippen LogP contribution in [0.15, 0.2) is 66.3 Å². The largest absolute Gasteiger partial charge is 0.375 e. The van der Waals surface area contributed by atoms with Gasteiger partial charge < -0.3 is 5.32 Å². The van der Waals surface area contributed by atoms with Gasteiger partial charge in [-0.2, -0.15) is 0 Å². The van der Waals surface area contributed by atoms with E-state index in [1.54, 1.807) is 0 Å². The molecule has 82 valence electrons. The minimum absolute atomic E-state index is 0.298. The zero-order valence-corrected chi connectivity index (χ0v) is 9.56. The normalized spacial score (nSPS) is 21.3. The second-order valence-corrected chi connectivity index (χ2v) is 3.84. The Bertz CT molecular complexity index is 412. The molecule has 1 atom stereocenters. The van der Waals surface area contributed by atoms with E-state index in [0.717, 1.165) is 12.1 Å². The lowest BCUT2D eigenvalue weighted by atomic mass is 10.0. The SMILES string of the molecule is CCC=C1C=CC=CC1Nc1ccccc1. The third kappa shape index (κ3) is 2.63. The van der Waals surface area contributed by atoms with Gasteiger partial charge in [0.05, 0.1) is 6.04 Å². The summed E-state index contributed by atoms with van der Waals surface area (Å²) in [6.45, 7) is 2.17. The van der Waals surface area contributed by atoms with E-state index in [-0.39, 0.29) is 0 Å². The quantitative estimate of drug-likeness (QED) is 0.798. The highest BCUT2D eigenvalue weighted by atomic mass is 14.9. The van der Waals surface area contributed by atoms with Gasteiger partial charge in [0.1, 0.15) is 0 Å². The van der Waals surface area contributed by atoms with Crippen LogP contribution in [0.25, 0.3) is 0 Å². The predicted molar refractivity (Wildman–Crippen MR) is 70.5 cm³/mol. The van der Waals surface area contributed by atoms with Crippen LogP contribution in [0.1, 0.15) is 13.3 Å². The molecule has 1 N–H and O–H groups in total. The molecule has 0 aromatic heterocycles. The summed E-state index contributed by atoms with van der Waals surface area (Å²) in [6.07, 6.45) is 11.9. The lowest BCUT2D eigenvalue weighted by molar-refractivity contribution is 1.02. The fraction of sp³-hybridized carbons (Fsp3) is 0.200. The highest BCUT2D eigenvalue weighted by molar-refractivity contribution is 5.50. The van der Waals surface area contributed by atoms with Crippen molar-refractivity contribution in [3.05, 3.63) is 66.3 Å². The Morgan fingerprint density at radius 2 is 2.00 bits per heavy atom. The minimum Gasteiger partial charge on any atom is -0.375 e. The molecule has 0 radical (unpaired) electrons. The smallest absolute Gasteiger partial charge is 0.0697 e. The van der Waals surface area contributed by atoms with Gasteiger partial charge in [0.25, 0.3) is 0 Å². The lowest BCUT2D eigenvalue weighted by Crippen LogP contribution is -2.19. The Morgan fingerprint density at radius 3 is 2.75 bits per heavy atom. The summed E-state index contributed by atoms with van der Waals surface area (Å²) in [5.74, 6) is 0. The molecule has 1 heteroatoms. The fourth-order valence-corrected chi connectivity index (χ4v) is 1.83. The van der Waals surface area contributed by atoms with Crippen molar-refractivity contribution >= 4 is 5.69 Å². The molecule has 16 heavy (non-hydrogen) atoms. The van der Waals surface area contributed by atoms with Gasteiger partial charge in [0.15, 0.2) is 0 Å². The molecule has 0 bridgehead atoms. The molecule has 0 aliphatic heterocycles. The molecule has 2 rings (SSSR count). The van der Waals surface area contributed by atoms with Crippen LogP contribution in [0.4, 0.5) is 5.69 Å². The molecular formula is C15H17N. The maximum absolute atomic E-state index is 3.51. The van der Waals surface area contributed by atoms with E-state index in [4.69, 9.17) is 0 Å². The van der Waals surface area contributed by atoms with Crippen LogP contribution in [0.5, 0.6) is 0 Å². The van der Waals surface area contributed by atoms with E-state index in [0.29, 0.717) is 6.04 Å². The van der Waals surface area contributed by atoms with Gasteiger partial charge >= 0.3 is 0 Å². The maximum Gasteiger partial charge on any atom is 0.0697 e.